The van der Waals surface area contributed by atoms with Gasteiger partial charge in [-0.1, -0.05) is 93.5 Å². The molecule has 3 atom stereocenters. The summed E-state index contributed by atoms with van der Waals surface area (Å²) in [5, 5.41) is 36.2. The summed E-state index contributed by atoms with van der Waals surface area (Å²) in [6, 6.07) is 33.0. The maximum absolute atomic E-state index is 13.4. The Balaban J connectivity index is 0.000000130. The number of fused-ring (bicyclic) bond motifs is 8. The van der Waals surface area contributed by atoms with E-state index in [0.717, 1.165) is 189 Å². The zero-order valence-corrected chi connectivity index (χ0v) is 72.0. The molecule has 4 amide bonds. The second kappa shape index (κ2) is 33.8. The molecule has 6 aliphatic rings. The maximum Gasteiger partial charge on any atom is 0.244 e. The second-order valence-electron chi connectivity index (χ2n) is 37.2. The molecule has 2 fully saturated rings. The highest BCUT2D eigenvalue weighted by Gasteiger charge is 2.36. The number of hydrogen-bond donors (Lipinski definition) is 8. The topological polar surface area (TPSA) is 275 Å². The van der Waals surface area contributed by atoms with Gasteiger partial charge in [0.2, 0.25) is 23.6 Å². The number of amides is 4. The number of nitrogens with zero attached hydrogens (tertiary/aromatic N) is 10. The summed E-state index contributed by atoms with van der Waals surface area (Å²) in [5.74, 6) is 0.367. The molecule has 23 heteroatoms. The number of nitrogens with one attached hydrogen (secondary N) is 8. The fourth-order valence-corrected chi connectivity index (χ4v) is 18.7. The molecule has 2 unspecified atom stereocenters. The monoisotopic (exact) mass is 1600 g/mol. The van der Waals surface area contributed by atoms with Gasteiger partial charge in [-0.2, -0.15) is 20.4 Å². The van der Waals surface area contributed by atoms with E-state index in [4.69, 9.17) is 4.74 Å². The number of ether oxygens (including phenoxy) is 1. The quantitative estimate of drug-likeness (QED) is 0.0507. The number of hydrogen-bond acceptors (Lipinski definition) is 11. The van der Waals surface area contributed by atoms with Gasteiger partial charge in [0.05, 0.1) is 47.6 Å². The molecular weight excluding hydrogens is 1470 g/mol. The molecular formula is C95H126N18O5. The normalized spacial score (nSPS) is 18.4. The van der Waals surface area contributed by atoms with Crippen LogP contribution < -0.4 is 19.6 Å². The summed E-state index contributed by atoms with van der Waals surface area (Å²) in [6.07, 6.45) is 16.9. The summed E-state index contributed by atoms with van der Waals surface area (Å²) < 4.78 is 5.63. The number of likely N-dealkylation sites (N-methyl/N-ethyl adjacent to an activating group) is 2. The fourth-order valence-electron chi connectivity index (χ4n) is 18.7. The van der Waals surface area contributed by atoms with Crippen LogP contribution in [0, 0.1) is 21.7 Å². The summed E-state index contributed by atoms with van der Waals surface area (Å²) in [6.45, 7) is 37.5. The average Bonchev–Trinajstić information content (AvgIpc) is 1.63. The Hall–Kier alpha value is -10.4. The molecule has 118 heavy (non-hydrogen) atoms. The second-order valence-corrected chi connectivity index (χ2v) is 37.2. The van der Waals surface area contributed by atoms with Crippen molar-refractivity contribution in [3.63, 3.8) is 0 Å². The van der Waals surface area contributed by atoms with Crippen molar-refractivity contribution < 1.29 is 23.9 Å². The number of morpholine rings is 1. The third-order valence-corrected chi connectivity index (χ3v) is 26.0. The van der Waals surface area contributed by atoms with Crippen LogP contribution in [-0.2, 0) is 75.3 Å². The number of carbonyl (C=O) groups excluding carboxylic acids is 4. The molecule has 4 aliphatic carbocycles. The molecule has 23 nitrogen and oxygen atoms in total. The number of carbonyl (C=O) groups is 4. The van der Waals surface area contributed by atoms with E-state index in [2.05, 4.69) is 207 Å². The fraction of sp³-hybridized carbons (Fsp3) is 0.495. The highest BCUT2D eigenvalue weighted by atomic mass is 16.5. The van der Waals surface area contributed by atoms with Crippen molar-refractivity contribution in [2.45, 2.75) is 226 Å². The Morgan fingerprint density at radius 3 is 1.11 bits per heavy atom. The highest BCUT2D eigenvalue weighted by Crippen LogP contribution is 2.44. The van der Waals surface area contributed by atoms with Crippen LogP contribution in [0.1, 0.15) is 201 Å². The van der Waals surface area contributed by atoms with E-state index in [1.807, 2.05) is 62.2 Å². The van der Waals surface area contributed by atoms with Crippen LogP contribution >= 0.6 is 0 Å². The van der Waals surface area contributed by atoms with Crippen molar-refractivity contribution in [2.75, 3.05) is 79.6 Å². The molecule has 4 aromatic carbocycles. The Bertz CT molecular complexity index is 5640. The van der Waals surface area contributed by atoms with Crippen LogP contribution in [0.3, 0.4) is 0 Å². The van der Waals surface area contributed by atoms with Crippen LogP contribution in [0.5, 0.6) is 0 Å². The van der Waals surface area contributed by atoms with E-state index >= 15 is 0 Å². The maximum atomic E-state index is 13.4. The molecule has 0 saturated carbocycles. The third-order valence-electron chi connectivity index (χ3n) is 26.0. The van der Waals surface area contributed by atoms with Gasteiger partial charge >= 0.3 is 0 Å². The van der Waals surface area contributed by atoms with Gasteiger partial charge in [0.1, 0.15) is 22.8 Å². The van der Waals surface area contributed by atoms with Crippen molar-refractivity contribution >= 4 is 90.0 Å². The number of rotatable bonds is 14. The lowest BCUT2D eigenvalue weighted by Crippen LogP contribution is -2.52. The molecule has 0 bridgehead atoms. The van der Waals surface area contributed by atoms with Gasteiger partial charge in [-0.25, -0.2) is 0 Å². The first-order valence-electron chi connectivity index (χ1n) is 42.8. The molecule has 8 aromatic heterocycles. The summed E-state index contributed by atoms with van der Waals surface area (Å²) in [5.41, 5.74) is 27.8. The minimum absolute atomic E-state index is 0. The van der Waals surface area contributed by atoms with E-state index < -0.39 is 0 Å². The number of aromatic nitrogens is 12. The summed E-state index contributed by atoms with van der Waals surface area (Å²) in [7, 11) is 3.65. The van der Waals surface area contributed by atoms with Crippen molar-refractivity contribution in [2.24, 2.45) is 21.7 Å². The van der Waals surface area contributed by atoms with Gasteiger partial charge in [0.15, 0.2) is 0 Å². The standard InChI is InChI=1S/C27H37N5O.C26H35N5O2.C21H26N4O.C20H24N4O.CH4/c1-5-32(26(33)18(2)31-13-7-6-8-14-31)20-10-9-19-15-23(28-22(19)16-20)25-21-11-12-27(3,4)17-24(21)29-30-25;1-16-15-31(10-11-33-16)17(2)25(32)30(5)19-7-6-18-12-22(27-21(18)13-19)24-20-8-9-26(3,4)14-23(20)28-29-24;1-5-25(13(2)26)15-7-6-14-10-18(22-17(14)11-15)20-16-8-9-21(3,4)12-19(16)23-24-20;1-12(25)24(4)14-6-5-13-9-17(21-16(13)10-14)19-15-7-8-20(2,3)11-18(15)22-23-19;/h9-10,15-16,18,28H,5-8,11-14,17H2,1-4H3,(H,29,30);6-7,12-13,16-17,27H,8-11,14-15H2,1-5H3,(H,28,29);6-7,10-11,22H,5,8-9,12H2,1-4H3,(H,23,24);5-6,9-10,21H,7-8,11H2,1-4H3,(H,22,23);1H4/t18-;;;;/m0..../s1. The largest absolute Gasteiger partial charge is 0.376 e. The molecule has 12 aromatic rings. The summed E-state index contributed by atoms with van der Waals surface area (Å²) in [4.78, 5) is 75.8. The molecule has 8 N–H and O–H groups in total. The lowest BCUT2D eigenvalue weighted by Gasteiger charge is -2.36. The van der Waals surface area contributed by atoms with E-state index in [9.17, 15) is 19.2 Å². The Morgan fingerprint density at radius 1 is 0.441 bits per heavy atom. The van der Waals surface area contributed by atoms with Gasteiger partial charge in [0, 0.05) is 166 Å². The Kier molecular flexibility index (Phi) is 24.1. The summed E-state index contributed by atoms with van der Waals surface area (Å²) >= 11 is 0. The molecule has 2 saturated heterocycles. The third kappa shape index (κ3) is 17.7. The number of benzene rings is 4. The van der Waals surface area contributed by atoms with Crippen LogP contribution in [0.25, 0.3) is 89.2 Å². The number of piperidine rings is 1. The smallest absolute Gasteiger partial charge is 0.244 e. The van der Waals surface area contributed by atoms with E-state index in [1.165, 1.54) is 90.0 Å². The van der Waals surface area contributed by atoms with Crippen molar-refractivity contribution in [1.29, 1.82) is 0 Å². The van der Waals surface area contributed by atoms with E-state index in [0.29, 0.717) is 41.4 Å². The Labute approximate surface area is 695 Å². The zero-order chi connectivity index (χ0) is 82.7. The average molecular weight is 1600 g/mol. The number of likely N-dealkylation sites (tertiary alicyclic amines) is 1. The zero-order valence-electron chi connectivity index (χ0n) is 72.0. The first-order valence-corrected chi connectivity index (χ1v) is 42.8. The predicted molar refractivity (Wildman–Crippen MR) is 479 cm³/mol. The lowest BCUT2D eigenvalue weighted by atomic mass is 9.76. The van der Waals surface area contributed by atoms with E-state index in [1.54, 1.807) is 35.6 Å². The van der Waals surface area contributed by atoms with E-state index in [-0.39, 0.29) is 49.2 Å². The molecule has 18 rings (SSSR count). The van der Waals surface area contributed by atoms with Crippen LogP contribution in [0.15, 0.2) is 97.1 Å². The van der Waals surface area contributed by atoms with Crippen LogP contribution in [0.4, 0.5) is 22.7 Å². The van der Waals surface area contributed by atoms with Crippen molar-refractivity contribution in [1.82, 2.24) is 70.5 Å². The van der Waals surface area contributed by atoms with Gasteiger partial charge in [-0.3, -0.25) is 49.4 Å². The van der Waals surface area contributed by atoms with Gasteiger partial charge in [-0.05, 0) is 232 Å². The van der Waals surface area contributed by atoms with Crippen molar-refractivity contribution in [3.05, 3.63) is 142 Å². The van der Waals surface area contributed by atoms with Gasteiger partial charge in [-0.15, -0.1) is 0 Å². The van der Waals surface area contributed by atoms with Gasteiger partial charge < -0.3 is 44.3 Å². The number of aromatic amines is 8. The van der Waals surface area contributed by atoms with Crippen LogP contribution in [0.2, 0.25) is 0 Å². The van der Waals surface area contributed by atoms with Crippen LogP contribution in [-0.4, -0.2) is 172 Å². The van der Waals surface area contributed by atoms with Crippen molar-refractivity contribution in [3.8, 4) is 45.6 Å². The lowest BCUT2D eigenvalue weighted by molar-refractivity contribution is -0.126. The SMILES string of the molecule is C.CC(=O)N(C)c1ccc2cc(-c3n[nH]c4c3CCC(C)(C)C4)[nH]c2c1.CC1CN(C(C)C(=O)N(C)c2ccc3cc(-c4n[nH]c5c4CCC(C)(C)C5)[nH]c3c2)CCO1.CCN(C(=O)[C@H](C)N1CCCCC1)c1ccc2cc(-c3n[nH]c4c3CCC(C)(C)C4)[nH]c2c1.CCN(C(C)=O)c1ccc2cc(-c3n[nH]c4c3CCC(C)(C)C4)[nH]c2c1. The minimum atomic E-state index is -0.184. The minimum Gasteiger partial charge on any atom is -0.376 e. The van der Waals surface area contributed by atoms with Gasteiger partial charge in [0.25, 0.3) is 0 Å². The predicted octanol–water partition coefficient (Wildman–Crippen LogP) is 18.6. The molecule has 10 heterocycles. The first-order chi connectivity index (χ1) is 55.8. The first kappa shape index (κ1) is 84.1. The molecule has 626 valence electrons. The Morgan fingerprint density at radius 2 is 0.771 bits per heavy atom. The number of H-pyrrole nitrogens is 8. The molecule has 0 spiro atoms. The molecule has 2 aliphatic heterocycles. The highest BCUT2D eigenvalue weighted by molar-refractivity contribution is 6.01. The molecule has 0 radical (unpaired) electrons. The number of anilines is 4.